The zero-order valence-corrected chi connectivity index (χ0v) is 34.0. The van der Waals surface area contributed by atoms with Gasteiger partial charge in [0.05, 0.1) is 19.8 Å². The Labute approximate surface area is 297 Å². The Kier molecular flexibility index (Phi) is 17.8. The molecule has 2 rings (SSSR count). The molecule has 0 N–H and O–H groups in total. The van der Waals surface area contributed by atoms with Crippen LogP contribution in [0.2, 0.25) is 0 Å². The molecule has 1 heterocycles. The van der Waals surface area contributed by atoms with Crippen molar-refractivity contribution in [3.8, 4) is 11.5 Å². The Morgan fingerprint density at radius 2 is 1.47 bits per heavy atom. The molecule has 1 aliphatic heterocycles. The van der Waals surface area contributed by atoms with Crippen LogP contribution < -0.4 is 9.47 Å². The predicted octanol–water partition coefficient (Wildman–Crippen LogP) is 11.8. The van der Waals surface area contributed by atoms with E-state index in [1.807, 2.05) is 19.9 Å². The lowest BCUT2D eigenvalue weighted by Crippen LogP contribution is -2.36. The van der Waals surface area contributed by atoms with E-state index in [9.17, 15) is 13.9 Å². The molecule has 0 spiro atoms. The van der Waals surface area contributed by atoms with Gasteiger partial charge in [-0.3, -0.25) is 13.9 Å². The molecule has 0 radical (unpaired) electrons. The maximum absolute atomic E-state index is 13.7. The first kappa shape index (κ1) is 43.2. The molecular formula is C39H64O8P2. The number of rotatable bonds is 21. The number of carbonyl (C=O) groups excluding carboxylic acids is 1. The third-order valence-electron chi connectivity index (χ3n) is 9.08. The third kappa shape index (κ3) is 13.6. The molecule has 278 valence electrons. The van der Waals surface area contributed by atoms with Gasteiger partial charge < -0.3 is 23.0 Å². The smallest absolute Gasteiger partial charge is 0.343 e. The van der Waals surface area contributed by atoms with E-state index in [0.29, 0.717) is 5.75 Å². The predicted molar refractivity (Wildman–Crippen MR) is 203 cm³/mol. The van der Waals surface area contributed by atoms with Gasteiger partial charge in [0.1, 0.15) is 22.5 Å². The second-order valence-electron chi connectivity index (χ2n) is 13.9. The third-order valence-corrected chi connectivity index (χ3v) is 15.5. The van der Waals surface area contributed by atoms with Gasteiger partial charge in [0, 0.05) is 18.6 Å². The van der Waals surface area contributed by atoms with Gasteiger partial charge in [0.15, 0.2) is 0 Å². The molecule has 1 aromatic rings. The van der Waals surface area contributed by atoms with Crippen molar-refractivity contribution in [3.05, 3.63) is 57.7 Å². The van der Waals surface area contributed by atoms with Crippen LogP contribution in [-0.2, 0) is 33.9 Å². The van der Waals surface area contributed by atoms with Gasteiger partial charge in [-0.05, 0) is 144 Å². The van der Waals surface area contributed by atoms with Crippen molar-refractivity contribution < 1.29 is 37.0 Å². The fourth-order valence-electron chi connectivity index (χ4n) is 6.34. The van der Waals surface area contributed by atoms with Crippen molar-refractivity contribution in [3.63, 3.8) is 0 Å². The van der Waals surface area contributed by atoms with E-state index in [1.54, 1.807) is 20.8 Å². The molecule has 0 bridgehead atoms. The Bertz CT molecular complexity index is 1430. The molecule has 0 aromatic heterocycles. The number of ether oxygens (including phenoxy) is 2. The number of fused-ring (bicyclic) bond motifs is 1. The van der Waals surface area contributed by atoms with Crippen LogP contribution in [-0.4, -0.2) is 43.5 Å². The molecule has 10 heteroatoms. The second kappa shape index (κ2) is 20.2. The minimum absolute atomic E-state index is 0.0186. The Hall–Kier alpha value is -1.95. The molecule has 0 saturated carbocycles. The Balaban J connectivity index is 2.05. The first-order valence-electron chi connectivity index (χ1n) is 18.1. The van der Waals surface area contributed by atoms with E-state index in [2.05, 4.69) is 52.8 Å². The van der Waals surface area contributed by atoms with Crippen LogP contribution >= 0.6 is 15.0 Å². The average Bonchev–Trinajstić information content (AvgIpc) is 2.99. The van der Waals surface area contributed by atoms with Gasteiger partial charge in [0.25, 0.3) is 0 Å². The Morgan fingerprint density at radius 1 is 0.898 bits per heavy atom. The van der Waals surface area contributed by atoms with Gasteiger partial charge >= 0.3 is 13.6 Å². The summed E-state index contributed by atoms with van der Waals surface area (Å²) < 4.78 is 56.2. The normalized spacial score (nSPS) is 18.7. The first-order valence-corrected chi connectivity index (χ1v) is 21.8. The summed E-state index contributed by atoms with van der Waals surface area (Å²) in [6, 6.07) is 1.96. The highest BCUT2D eigenvalue weighted by atomic mass is 31.2. The van der Waals surface area contributed by atoms with Gasteiger partial charge in [-0.2, -0.15) is 0 Å². The highest BCUT2D eigenvalue weighted by Crippen LogP contribution is 2.69. The molecule has 3 atom stereocenters. The zero-order valence-electron chi connectivity index (χ0n) is 32.2. The van der Waals surface area contributed by atoms with Crippen molar-refractivity contribution in [1.29, 1.82) is 0 Å². The fraction of sp³-hybridized carbons (Fsp3) is 0.667. The van der Waals surface area contributed by atoms with Crippen LogP contribution in [0, 0.1) is 13.8 Å². The quantitative estimate of drug-likeness (QED) is 0.0535. The van der Waals surface area contributed by atoms with Gasteiger partial charge in [-0.1, -0.05) is 34.9 Å². The van der Waals surface area contributed by atoms with Crippen molar-refractivity contribution in [2.24, 2.45) is 0 Å². The maximum atomic E-state index is 13.7. The minimum atomic E-state index is -3.82. The van der Waals surface area contributed by atoms with Gasteiger partial charge in [-0.15, -0.1) is 0 Å². The molecule has 0 fully saturated rings. The molecule has 49 heavy (non-hydrogen) atoms. The summed E-state index contributed by atoms with van der Waals surface area (Å²) in [7, 11) is -7.26. The van der Waals surface area contributed by atoms with Crippen LogP contribution in [0.15, 0.2) is 41.0 Å². The summed E-state index contributed by atoms with van der Waals surface area (Å²) >= 11 is 0. The summed E-state index contributed by atoms with van der Waals surface area (Å²) in [5, 5.41) is -1.08. The standard InChI is InChI=1S/C39H64O8P2/c1-12-43-48(11,41)37(49(42,44-13-2)45-14-3)24-23-36(40)46-38-32(8)28-35-34(33(38)9)25-27-39(10,47-35)26-17-22-31(7)21-16-20-30(6)19-15-18-29(4)5/h18,20,22,28,37H,12-17,19,21,23-27H2,1-11H3. The lowest BCUT2D eigenvalue weighted by Gasteiger charge is -2.37. The molecule has 0 aliphatic carbocycles. The molecule has 1 aliphatic rings. The number of allylic oxidation sites excluding steroid dienone is 6. The maximum Gasteiger partial charge on any atom is 0.343 e. The summed E-state index contributed by atoms with van der Waals surface area (Å²) in [6.07, 6.45) is 14.9. The van der Waals surface area contributed by atoms with Gasteiger partial charge in [0.2, 0.25) is 7.37 Å². The number of aryl methyl sites for hydroxylation is 1. The van der Waals surface area contributed by atoms with E-state index in [1.165, 1.54) is 23.4 Å². The van der Waals surface area contributed by atoms with Gasteiger partial charge in [-0.25, -0.2) is 0 Å². The molecule has 1 aromatic carbocycles. The fourth-order valence-corrected chi connectivity index (χ4v) is 11.9. The summed E-state index contributed by atoms with van der Waals surface area (Å²) in [5.74, 6) is 0.843. The zero-order chi connectivity index (χ0) is 36.8. The van der Waals surface area contributed by atoms with E-state index in [4.69, 9.17) is 23.0 Å². The molecule has 0 amide bonds. The van der Waals surface area contributed by atoms with E-state index >= 15 is 0 Å². The highest BCUT2D eigenvalue weighted by molar-refractivity contribution is 7.74. The van der Waals surface area contributed by atoms with Crippen LogP contribution in [0.1, 0.15) is 130 Å². The van der Waals surface area contributed by atoms with Crippen LogP contribution in [0.4, 0.5) is 0 Å². The van der Waals surface area contributed by atoms with Crippen LogP contribution in [0.5, 0.6) is 11.5 Å². The molecule has 3 unspecified atom stereocenters. The summed E-state index contributed by atoms with van der Waals surface area (Å²) in [4.78, 5) is 13.2. The first-order chi connectivity index (χ1) is 23.0. The van der Waals surface area contributed by atoms with Crippen LogP contribution in [0.25, 0.3) is 0 Å². The van der Waals surface area contributed by atoms with Crippen molar-refractivity contribution in [2.75, 3.05) is 26.5 Å². The van der Waals surface area contributed by atoms with E-state index in [0.717, 1.165) is 73.8 Å². The number of carbonyl (C=O) groups is 1. The van der Waals surface area contributed by atoms with Crippen molar-refractivity contribution >= 4 is 20.9 Å². The van der Waals surface area contributed by atoms with Crippen molar-refractivity contribution in [2.45, 2.75) is 144 Å². The lowest BCUT2D eigenvalue weighted by molar-refractivity contribution is -0.134. The van der Waals surface area contributed by atoms with E-state index < -0.39 is 26.3 Å². The number of hydrogen-bond acceptors (Lipinski definition) is 8. The SMILES string of the molecule is CCOP(C)(=O)C(CCC(=O)Oc1c(C)cc2c(c1C)CCC(C)(CCC=C(C)CCC=C(C)CCC=C(C)C)O2)P(=O)(OCC)OCC. The average molecular weight is 723 g/mol. The Morgan fingerprint density at radius 3 is 2.04 bits per heavy atom. The topological polar surface area (TPSA) is 97.4 Å². The number of hydrogen-bond donors (Lipinski definition) is 0. The number of esters is 1. The second-order valence-corrected chi connectivity index (χ2v) is 19.2. The summed E-state index contributed by atoms with van der Waals surface area (Å²) in [5.41, 5.74) is 6.71. The molecular weight excluding hydrogens is 658 g/mol. The monoisotopic (exact) mass is 722 g/mol. The molecule has 8 nitrogen and oxygen atoms in total. The van der Waals surface area contributed by atoms with Crippen molar-refractivity contribution in [1.82, 2.24) is 0 Å². The van der Waals surface area contributed by atoms with Crippen LogP contribution in [0.3, 0.4) is 0 Å². The largest absolute Gasteiger partial charge is 0.487 e. The molecule has 0 saturated heterocycles. The van der Waals surface area contributed by atoms with E-state index in [-0.39, 0.29) is 38.3 Å². The lowest BCUT2D eigenvalue weighted by atomic mass is 9.86. The minimum Gasteiger partial charge on any atom is -0.487 e. The number of benzene rings is 1. The highest BCUT2D eigenvalue weighted by Gasteiger charge is 2.46. The summed E-state index contributed by atoms with van der Waals surface area (Å²) in [6.45, 7) is 21.7.